The fraction of sp³-hybridized carbons (Fsp3) is 0.100. The third-order valence-electron chi connectivity index (χ3n) is 3.95. The molecule has 1 aliphatic heterocycles. The summed E-state index contributed by atoms with van der Waals surface area (Å²) in [5.41, 5.74) is 3.94. The summed E-state index contributed by atoms with van der Waals surface area (Å²) in [7, 11) is 0. The van der Waals surface area contributed by atoms with E-state index in [-0.39, 0.29) is 11.3 Å². The summed E-state index contributed by atoms with van der Waals surface area (Å²) in [6.45, 7) is 2.05. The Kier molecular flexibility index (Phi) is 4.15. The van der Waals surface area contributed by atoms with Gasteiger partial charge in [0.15, 0.2) is 5.76 Å². The minimum Gasteiger partial charge on any atom is -0.459 e. The molecule has 1 atom stereocenters. The van der Waals surface area contributed by atoms with Crippen LogP contribution in [0, 0.1) is 6.92 Å². The van der Waals surface area contributed by atoms with Crippen LogP contribution in [-0.2, 0) is 0 Å². The average molecular weight is 348 g/mol. The van der Waals surface area contributed by atoms with Crippen LogP contribution >= 0.6 is 11.8 Å². The van der Waals surface area contributed by atoms with Crippen LogP contribution in [0.5, 0.6) is 0 Å². The molecule has 0 saturated carbocycles. The lowest BCUT2D eigenvalue weighted by molar-refractivity contribution is 0.0928. The van der Waals surface area contributed by atoms with E-state index in [4.69, 9.17) is 9.41 Å². The molecule has 0 aliphatic carbocycles. The lowest BCUT2D eigenvalue weighted by atomic mass is 10.1. The van der Waals surface area contributed by atoms with Crippen LogP contribution in [0.25, 0.3) is 0 Å². The van der Waals surface area contributed by atoms with E-state index in [1.807, 2.05) is 43.3 Å². The molecule has 124 valence electrons. The third-order valence-corrected chi connectivity index (χ3v) is 5.13. The van der Waals surface area contributed by atoms with E-state index in [2.05, 4.69) is 17.4 Å². The number of aliphatic imine (C=N–C) groups is 1. The molecule has 0 radical (unpaired) electrons. The zero-order chi connectivity index (χ0) is 17.2. The number of carbonyl (C=O) groups excluding carboxylic acids is 1. The zero-order valence-electron chi connectivity index (χ0n) is 13.6. The lowest BCUT2D eigenvalue weighted by Crippen LogP contribution is -2.39. The van der Waals surface area contributed by atoms with Crippen LogP contribution in [0.2, 0.25) is 0 Å². The number of amides is 1. The first-order chi connectivity index (χ1) is 12.2. The molecule has 4 rings (SSSR count). The van der Waals surface area contributed by atoms with Crippen molar-refractivity contribution >= 4 is 29.1 Å². The first-order valence-electron chi connectivity index (χ1n) is 7.96. The Morgan fingerprint density at radius 1 is 1.08 bits per heavy atom. The van der Waals surface area contributed by atoms with Gasteiger partial charge >= 0.3 is 0 Å². The number of para-hydroxylation sites is 1. The number of furan rings is 1. The average Bonchev–Trinajstić information content (AvgIpc) is 3.17. The molecule has 5 heteroatoms. The minimum atomic E-state index is -0.282. The fourth-order valence-corrected chi connectivity index (χ4v) is 3.77. The molecule has 0 spiro atoms. The maximum Gasteiger partial charge on any atom is 0.288 e. The SMILES string of the molecule is Cc1ccc(C2=Nc3ccccc3SC2NC(=O)c2ccco2)cc1. The lowest BCUT2D eigenvalue weighted by Gasteiger charge is -2.25. The van der Waals surface area contributed by atoms with E-state index in [9.17, 15) is 4.79 Å². The highest BCUT2D eigenvalue weighted by Gasteiger charge is 2.27. The highest BCUT2D eigenvalue weighted by atomic mass is 32.2. The van der Waals surface area contributed by atoms with Crippen molar-refractivity contribution in [1.82, 2.24) is 5.32 Å². The summed E-state index contributed by atoms with van der Waals surface area (Å²) in [5, 5.41) is 2.74. The van der Waals surface area contributed by atoms with Gasteiger partial charge in [-0.3, -0.25) is 4.79 Å². The molecule has 0 saturated heterocycles. The molecule has 1 N–H and O–H groups in total. The van der Waals surface area contributed by atoms with Crippen molar-refractivity contribution in [3.05, 3.63) is 83.8 Å². The van der Waals surface area contributed by atoms with E-state index < -0.39 is 0 Å². The van der Waals surface area contributed by atoms with Gasteiger partial charge in [-0.15, -0.1) is 0 Å². The summed E-state index contributed by atoms with van der Waals surface area (Å²) >= 11 is 1.59. The van der Waals surface area contributed by atoms with E-state index in [0.717, 1.165) is 21.9 Å². The van der Waals surface area contributed by atoms with Gasteiger partial charge in [-0.1, -0.05) is 53.7 Å². The summed E-state index contributed by atoms with van der Waals surface area (Å²) in [4.78, 5) is 18.3. The van der Waals surface area contributed by atoms with Gasteiger partial charge in [-0.25, -0.2) is 4.99 Å². The molecule has 2 heterocycles. The second-order valence-electron chi connectivity index (χ2n) is 5.78. The van der Waals surface area contributed by atoms with Crippen LogP contribution in [-0.4, -0.2) is 17.0 Å². The van der Waals surface area contributed by atoms with Crippen molar-refractivity contribution in [2.75, 3.05) is 0 Å². The number of nitrogens with zero attached hydrogens (tertiary/aromatic N) is 1. The van der Waals surface area contributed by atoms with Crippen molar-refractivity contribution in [3.63, 3.8) is 0 Å². The molecule has 0 fully saturated rings. The van der Waals surface area contributed by atoms with E-state index in [0.29, 0.717) is 5.76 Å². The Balaban J connectivity index is 1.71. The summed E-state index contributed by atoms with van der Waals surface area (Å²) < 4.78 is 5.20. The zero-order valence-corrected chi connectivity index (χ0v) is 14.4. The minimum absolute atomic E-state index is 0.248. The Hall–Kier alpha value is -2.79. The third kappa shape index (κ3) is 3.23. The van der Waals surface area contributed by atoms with Gasteiger partial charge in [-0.2, -0.15) is 0 Å². The number of fused-ring (bicyclic) bond motifs is 1. The number of hydrogen-bond donors (Lipinski definition) is 1. The Labute approximate surface area is 150 Å². The molecule has 1 aromatic heterocycles. The number of carbonyl (C=O) groups is 1. The number of nitrogens with one attached hydrogen (secondary N) is 1. The molecule has 4 nitrogen and oxygen atoms in total. The molecule has 25 heavy (non-hydrogen) atoms. The maximum absolute atomic E-state index is 12.4. The van der Waals surface area contributed by atoms with Crippen LogP contribution < -0.4 is 5.32 Å². The van der Waals surface area contributed by atoms with Gasteiger partial charge in [-0.05, 0) is 36.8 Å². The normalized spacial score (nSPS) is 16.0. The number of benzene rings is 2. The molecule has 1 aliphatic rings. The molecule has 3 aromatic rings. The van der Waals surface area contributed by atoms with Crippen molar-refractivity contribution in [2.24, 2.45) is 4.99 Å². The number of aryl methyl sites for hydroxylation is 1. The highest BCUT2D eigenvalue weighted by Crippen LogP contribution is 2.38. The van der Waals surface area contributed by atoms with E-state index in [1.165, 1.54) is 11.8 Å². The largest absolute Gasteiger partial charge is 0.459 e. The van der Waals surface area contributed by atoms with Gasteiger partial charge in [0.1, 0.15) is 5.37 Å². The van der Waals surface area contributed by atoms with Crippen LogP contribution in [0.1, 0.15) is 21.7 Å². The number of rotatable bonds is 3. The molecule has 1 unspecified atom stereocenters. The summed E-state index contributed by atoms with van der Waals surface area (Å²) in [6.07, 6.45) is 1.49. The number of thioether (sulfide) groups is 1. The highest BCUT2D eigenvalue weighted by molar-refractivity contribution is 8.00. The Bertz CT molecular complexity index is 931. The summed E-state index contributed by atoms with van der Waals surface area (Å²) in [5.74, 6) is 0.0457. The van der Waals surface area contributed by atoms with Crippen molar-refractivity contribution in [1.29, 1.82) is 0 Å². The molecular formula is C20H16N2O2S. The van der Waals surface area contributed by atoms with Crippen LogP contribution in [0.4, 0.5) is 5.69 Å². The number of hydrogen-bond acceptors (Lipinski definition) is 4. The molecule has 1 amide bonds. The van der Waals surface area contributed by atoms with Gasteiger partial charge in [0, 0.05) is 4.90 Å². The van der Waals surface area contributed by atoms with E-state index >= 15 is 0 Å². The first-order valence-corrected chi connectivity index (χ1v) is 8.84. The standard InChI is InChI=1S/C20H16N2O2S/c1-13-8-10-14(11-9-13)18-20(22-19(23)16-6-4-12-24-16)25-17-7-3-2-5-15(17)21-18/h2-12,20H,1H3,(H,22,23). The van der Waals surface area contributed by atoms with Crippen LogP contribution in [0.15, 0.2) is 81.2 Å². The first kappa shape index (κ1) is 15.7. The molecular weight excluding hydrogens is 332 g/mol. The van der Waals surface area contributed by atoms with E-state index in [1.54, 1.807) is 23.9 Å². The topological polar surface area (TPSA) is 54.6 Å². The predicted octanol–water partition coefficient (Wildman–Crippen LogP) is 4.57. The van der Waals surface area contributed by atoms with Gasteiger partial charge in [0.25, 0.3) is 5.91 Å². The Morgan fingerprint density at radius 2 is 1.88 bits per heavy atom. The molecule has 0 bridgehead atoms. The monoisotopic (exact) mass is 348 g/mol. The Morgan fingerprint density at radius 3 is 2.64 bits per heavy atom. The van der Waals surface area contributed by atoms with Crippen molar-refractivity contribution in [3.8, 4) is 0 Å². The van der Waals surface area contributed by atoms with Crippen molar-refractivity contribution in [2.45, 2.75) is 17.2 Å². The second-order valence-corrected chi connectivity index (χ2v) is 6.93. The van der Waals surface area contributed by atoms with Crippen molar-refractivity contribution < 1.29 is 9.21 Å². The predicted molar refractivity (Wildman–Crippen MR) is 99.6 cm³/mol. The second kappa shape index (κ2) is 6.61. The van der Waals surface area contributed by atoms with Gasteiger partial charge < -0.3 is 9.73 Å². The smallest absolute Gasteiger partial charge is 0.288 e. The maximum atomic E-state index is 12.4. The quantitative estimate of drug-likeness (QED) is 0.754. The van der Waals surface area contributed by atoms with Gasteiger partial charge in [0.2, 0.25) is 0 Å². The molecule has 2 aromatic carbocycles. The fourth-order valence-electron chi connectivity index (χ4n) is 2.66. The van der Waals surface area contributed by atoms with Gasteiger partial charge in [0.05, 0.1) is 17.7 Å². The summed E-state index contributed by atoms with van der Waals surface area (Å²) in [6, 6.07) is 19.5. The van der Waals surface area contributed by atoms with Crippen LogP contribution in [0.3, 0.4) is 0 Å².